The maximum absolute atomic E-state index is 12.1. The molecule has 2 aliphatic rings. The monoisotopic (exact) mass is 1330 g/mol. The minimum Gasteiger partial charge on any atom is 0 e. The smallest absolute Gasteiger partial charge is 0 e. The van der Waals surface area contributed by atoms with Crippen molar-refractivity contribution in [1.29, 1.82) is 0 Å². The van der Waals surface area contributed by atoms with Crippen molar-refractivity contribution in [2.45, 2.75) is 58.4 Å². The number of hydrogen-bond acceptors (Lipinski definition) is 12. The zero-order valence-corrected chi connectivity index (χ0v) is 46.4. The van der Waals surface area contributed by atoms with Gasteiger partial charge in [0.05, 0.1) is 0 Å². The second-order valence-corrected chi connectivity index (χ2v) is 17.6. The second-order valence-electron chi connectivity index (χ2n) is 14.3. The Labute approximate surface area is 438 Å². The summed E-state index contributed by atoms with van der Waals surface area (Å²) in [6.45, 7) is 3.37. The number of carbonyl (C=O) groups is 5. The molecule has 22 heteroatoms. The van der Waals surface area contributed by atoms with Crippen LogP contribution in [0.25, 0.3) is 10.6 Å². The van der Waals surface area contributed by atoms with Gasteiger partial charge in [-0.15, -0.1) is 0 Å². The molecule has 4 amide bonds. The van der Waals surface area contributed by atoms with E-state index in [1.54, 1.807) is 70.9 Å². The second kappa shape index (κ2) is 32.1. The zero-order valence-electron chi connectivity index (χ0n) is 37.8. The number of fused-ring (bicyclic) bond motifs is 2. The molecule has 0 saturated heterocycles. The Morgan fingerprint density at radius 3 is 1.63 bits per heavy atom. The van der Waals surface area contributed by atoms with Crippen LogP contribution in [0.1, 0.15) is 66.1 Å². The summed E-state index contributed by atoms with van der Waals surface area (Å²) in [5.41, 5.74) is 8.03. The zero-order chi connectivity index (χ0) is 47.1. The third-order valence-corrected chi connectivity index (χ3v) is 11.6. The number of amides is 4. The summed E-state index contributed by atoms with van der Waals surface area (Å²) in [6.07, 6.45) is 4.25. The first-order chi connectivity index (χ1) is 31.4. The molecule has 2 heterocycles. The van der Waals surface area contributed by atoms with E-state index in [1.807, 2.05) is 49.4 Å². The van der Waals surface area contributed by atoms with Gasteiger partial charge in [0.15, 0.2) is 0 Å². The average molecular weight is 1330 g/mol. The number of aldehydes is 1. The summed E-state index contributed by atoms with van der Waals surface area (Å²) < 4.78 is 32.5. The molecule has 0 saturated carbocycles. The van der Waals surface area contributed by atoms with Crippen molar-refractivity contribution in [1.82, 2.24) is 5.32 Å². The molecule has 0 bridgehead atoms. The van der Waals surface area contributed by atoms with Crippen LogP contribution < -0.4 is 26.9 Å². The summed E-state index contributed by atoms with van der Waals surface area (Å²) in [5, 5.41) is 16.8. The summed E-state index contributed by atoms with van der Waals surface area (Å²) in [5.74, 6) is -0.0330. The van der Waals surface area contributed by atoms with E-state index in [-0.39, 0.29) is 56.0 Å². The largest absolute Gasteiger partial charge is 0 e. The Kier molecular flexibility index (Phi) is 28.5. The summed E-state index contributed by atoms with van der Waals surface area (Å²) in [4.78, 5) is 57.1. The van der Waals surface area contributed by atoms with E-state index in [2.05, 4.69) is 26.6 Å². The Bertz CT molecular complexity index is 2310. The number of hydrogen-bond donors (Lipinski definition) is 3. The molecule has 6 rings (SSSR count). The molecule has 4 aromatic carbocycles. The van der Waals surface area contributed by atoms with Gasteiger partial charge in [0.2, 0.25) is 0 Å². The van der Waals surface area contributed by atoms with Gasteiger partial charge in [-0.3, -0.25) is 4.79 Å². The number of aryl methyl sites for hydroxylation is 2. The predicted octanol–water partition coefficient (Wildman–Crippen LogP) is 6.23. The van der Waals surface area contributed by atoms with Gasteiger partial charge in [0.25, 0.3) is 0 Å². The van der Waals surface area contributed by atoms with Crippen molar-refractivity contribution in [2.24, 2.45) is 0 Å². The normalized spacial score (nSPS) is 11.8. The molecular weight excluding hydrogens is 1280 g/mol. The van der Waals surface area contributed by atoms with Crippen molar-refractivity contribution < 1.29 is 128 Å². The van der Waals surface area contributed by atoms with Gasteiger partial charge >= 0.3 is 334 Å². The van der Waals surface area contributed by atoms with Crippen LogP contribution in [0.5, 0.6) is 0 Å². The molecule has 0 fully saturated rings. The standard InChI is InChI=1S/C22H26BN3O5.C14H16N2O3.C9H11BO3.2V.2W/c1-29-23(30-2)18-6-3-5-16(13-18)15-24-11-4-12-31-22(28)25-19-9-7-17-8-10-21(27)26-20(17)14-19;1-2-3-8-19-14(18)15-11-6-4-10-5-7-13(17)16-12(10)9-11;1-12-10(13-2)9-5-3-4-8(6-9)7-11;;;;/h3,5-7,9,13-14,24H,4,8,10-11,15H2,1-2H3,(H2,25,26,27,28);4,6,9H,2-3,5,7H2,1H3,(H2,15,16,17,18);3-7H,1-2H3;;;;/p-2. The van der Waals surface area contributed by atoms with E-state index in [0.717, 1.165) is 102 Å². The third kappa shape index (κ3) is 20.8. The Morgan fingerprint density at radius 1 is 0.672 bits per heavy atom. The Hall–Kier alpha value is -3.75. The fraction of sp³-hybridized carbons (Fsp3) is 0.311. The van der Waals surface area contributed by atoms with Crippen LogP contribution in [-0.4, -0.2) is 87.7 Å². The van der Waals surface area contributed by atoms with Crippen LogP contribution in [0.3, 0.4) is 0 Å². The van der Waals surface area contributed by atoms with Crippen molar-refractivity contribution in [3.8, 4) is 0 Å². The van der Waals surface area contributed by atoms with E-state index < -0.39 is 19.3 Å². The molecule has 352 valence electrons. The van der Waals surface area contributed by atoms with Gasteiger partial charge in [-0.05, 0) is 5.46 Å². The van der Waals surface area contributed by atoms with Crippen molar-refractivity contribution >= 4 is 86.4 Å². The Balaban J connectivity index is 0.000000376. The van der Waals surface area contributed by atoms with Crippen LogP contribution in [0.15, 0.2) is 84.9 Å². The molecule has 67 heavy (non-hydrogen) atoms. The topological polar surface area (TPSA) is 205 Å². The SMILES string of the molecule is CCC[C](=[W])OC(=O)[N-]c1ccc2c(c1)NC(=O)CC2.COB(OC)c1cccc(C=O)c1.COB(OC)c1cccc(CNCC[C](=[W])OC(=O)[N-]c2ccc3c(c2)NC(=O)CC3)c1.[V].[V]. The average Bonchev–Trinajstić information content (AvgIpc) is 3.29. The van der Waals surface area contributed by atoms with Gasteiger partial charge in [0.1, 0.15) is 6.29 Å². The minimum atomic E-state index is -0.657. The van der Waals surface area contributed by atoms with E-state index in [4.69, 9.17) is 28.1 Å². The number of nitrogens with one attached hydrogen (secondary N) is 3. The fourth-order valence-corrected chi connectivity index (χ4v) is 8.02. The van der Waals surface area contributed by atoms with E-state index in [1.165, 1.54) is 0 Å². The van der Waals surface area contributed by atoms with Crippen molar-refractivity contribution in [3.63, 3.8) is 0 Å². The molecule has 0 aliphatic carbocycles. The number of rotatable bonds is 18. The van der Waals surface area contributed by atoms with Crippen LogP contribution >= 0.6 is 0 Å². The third-order valence-electron chi connectivity index (χ3n) is 9.51. The molecule has 2 aliphatic heterocycles. The molecule has 16 nitrogen and oxygen atoms in total. The molecule has 0 spiro atoms. The maximum atomic E-state index is 12.1. The number of carbonyl (C=O) groups excluding carboxylic acids is 5. The summed E-state index contributed by atoms with van der Waals surface area (Å²) in [7, 11) is 5.54. The first kappa shape index (κ1) is 59.4. The summed E-state index contributed by atoms with van der Waals surface area (Å²) >= 11 is 2.22. The first-order valence-corrected chi connectivity index (χ1v) is 23.6. The van der Waals surface area contributed by atoms with Gasteiger partial charge in [-0.2, -0.15) is 0 Å². The maximum Gasteiger partial charge on any atom is 0 e. The fourth-order valence-electron chi connectivity index (χ4n) is 6.40. The summed E-state index contributed by atoms with van der Waals surface area (Å²) in [6, 6.07) is 25.8. The predicted molar refractivity (Wildman–Crippen MR) is 244 cm³/mol. The van der Waals surface area contributed by atoms with Crippen LogP contribution in [0.4, 0.5) is 32.3 Å². The van der Waals surface area contributed by atoms with E-state index >= 15 is 0 Å². The molecular formula is C45H51B2N5O11V2W2-2. The first-order valence-electron chi connectivity index (χ1n) is 20.6. The van der Waals surface area contributed by atoms with Gasteiger partial charge in [0, 0.05) is 56.9 Å². The van der Waals surface area contributed by atoms with E-state index in [0.29, 0.717) is 65.5 Å². The van der Waals surface area contributed by atoms with E-state index in [9.17, 15) is 24.0 Å². The van der Waals surface area contributed by atoms with Crippen LogP contribution in [0, 0.1) is 0 Å². The molecule has 0 unspecified atom stereocenters. The van der Waals surface area contributed by atoms with Crippen molar-refractivity contribution in [2.75, 3.05) is 45.6 Å². The van der Waals surface area contributed by atoms with Crippen LogP contribution in [-0.2, 0) is 133 Å². The van der Waals surface area contributed by atoms with Gasteiger partial charge < -0.3 is 9.31 Å². The van der Waals surface area contributed by atoms with Gasteiger partial charge in [-0.25, -0.2) is 0 Å². The quantitative estimate of drug-likeness (QED) is 0.0577. The Morgan fingerprint density at radius 2 is 1.15 bits per heavy atom. The number of nitrogens with zero attached hydrogens (tertiary/aromatic N) is 2. The molecule has 4 aromatic rings. The van der Waals surface area contributed by atoms with Gasteiger partial charge in [-0.1, -0.05) is 24.3 Å². The number of anilines is 2. The molecule has 0 aromatic heterocycles. The molecule has 3 N–H and O–H groups in total. The number of benzene rings is 4. The minimum absolute atomic E-state index is 0. The number of ether oxygens (including phenoxy) is 2. The van der Waals surface area contributed by atoms with Crippen LogP contribution in [0.2, 0.25) is 0 Å². The molecule has 2 radical (unpaired) electrons. The van der Waals surface area contributed by atoms with Crippen molar-refractivity contribution in [3.05, 3.63) is 118 Å². The molecule has 0 atom stereocenters.